The molecule has 0 spiro atoms. The number of benzene rings is 1. The van der Waals surface area contributed by atoms with E-state index in [0.717, 1.165) is 11.4 Å². The Morgan fingerprint density at radius 1 is 1.36 bits per heavy atom. The van der Waals surface area contributed by atoms with E-state index in [2.05, 4.69) is 0 Å². The first kappa shape index (κ1) is 13.7. The van der Waals surface area contributed by atoms with Crippen LogP contribution in [0.15, 0.2) is 24.3 Å². The van der Waals surface area contributed by atoms with Crippen LogP contribution in [0.5, 0.6) is 0 Å². The second kappa shape index (κ2) is 7.07. The van der Waals surface area contributed by atoms with Crippen LogP contribution < -0.4 is 5.73 Å². The van der Waals surface area contributed by atoms with Crippen LogP contribution in [0.25, 0.3) is 0 Å². The molecule has 1 unspecified atom stereocenters. The molecule has 0 heterocycles. The van der Waals surface area contributed by atoms with Crippen molar-refractivity contribution in [2.75, 3.05) is 13.7 Å². The molecule has 1 aromatic carbocycles. The third kappa shape index (κ3) is 4.29. The molecule has 0 fully saturated rings. The number of ether oxygens (including phenoxy) is 1. The summed E-state index contributed by atoms with van der Waals surface area (Å²) in [6, 6.07) is 7.73. The molecule has 0 saturated heterocycles. The lowest BCUT2D eigenvalue weighted by Gasteiger charge is -2.12. The van der Waals surface area contributed by atoms with Crippen LogP contribution in [0.1, 0.15) is 5.56 Å². The maximum atomic E-state index is 5.76. The van der Waals surface area contributed by atoms with Crippen LogP contribution in [0.4, 0.5) is 0 Å². The van der Waals surface area contributed by atoms with Gasteiger partial charge >= 0.3 is 0 Å². The summed E-state index contributed by atoms with van der Waals surface area (Å²) in [5.74, 6) is 0. The van der Waals surface area contributed by atoms with Crippen LogP contribution in [0.2, 0.25) is 5.02 Å². The zero-order chi connectivity index (χ0) is 9.68. The summed E-state index contributed by atoms with van der Waals surface area (Å²) in [7, 11) is 1.67. The highest BCUT2D eigenvalue weighted by atomic mass is 35.5. The Morgan fingerprint density at radius 2 is 1.93 bits per heavy atom. The highest BCUT2D eigenvalue weighted by Crippen LogP contribution is 2.11. The highest BCUT2D eigenvalue weighted by Gasteiger charge is 2.05. The van der Waals surface area contributed by atoms with Crippen LogP contribution in [-0.4, -0.2) is 19.8 Å². The molecule has 1 rings (SSSR count). The predicted molar refractivity (Wildman–Crippen MR) is 62.3 cm³/mol. The fourth-order valence-electron chi connectivity index (χ4n) is 1.15. The fourth-order valence-corrected chi connectivity index (χ4v) is 1.27. The topological polar surface area (TPSA) is 35.2 Å². The van der Waals surface area contributed by atoms with Gasteiger partial charge in [0.15, 0.2) is 0 Å². The Balaban J connectivity index is 0.00000169. The quantitative estimate of drug-likeness (QED) is 0.870. The molecule has 2 N–H and O–H groups in total. The van der Waals surface area contributed by atoms with Gasteiger partial charge in [0.2, 0.25) is 0 Å². The Bertz CT molecular complexity index is 247. The summed E-state index contributed by atoms with van der Waals surface area (Å²) in [5.41, 5.74) is 6.71. The van der Waals surface area contributed by atoms with Gasteiger partial charge in [-0.05, 0) is 24.1 Å². The molecular formula is C10H15Cl2NO. The molecule has 80 valence electrons. The highest BCUT2D eigenvalue weighted by molar-refractivity contribution is 6.30. The normalized spacial score (nSPS) is 11.9. The minimum absolute atomic E-state index is 0. The number of nitrogens with two attached hydrogens (primary N) is 1. The van der Waals surface area contributed by atoms with Crippen molar-refractivity contribution in [1.82, 2.24) is 0 Å². The second-order valence-electron chi connectivity index (χ2n) is 2.92. The molecule has 1 atom stereocenters. The minimum atomic E-state index is 0. The summed E-state index contributed by atoms with van der Waals surface area (Å²) in [5, 5.41) is 0.755. The first-order valence-corrected chi connectivity index (χ1v) is 4.61. The third-order valence-electron chi connectivity index (χ3n) is 1.97. The van der Waals surface area contributed by atoms with E-state index in [1.807, 2.05) is 24.3 Å². The average molecular weight is 236 g/mol. The zero-order valence-corrected chi connectivity index (χ0v) is 9.65. The molecule has 2 nitrogen and oxygen atoms in total. The molecule has 0 aliphatic heterocycles. The molecule has 1 aromatic rings. The van der Waals surface area contributed by atoms with E-state index in [9.17, 15) is 0 Å². The van der Waals surface area contributed by atoms with Gasteiger partial charge in [-0.15, -0.1) is 12.4 Å². The lowest BCUT2D eigenvalue weighted by atomic mass is 10.1. The third-order valence-corrected chi connectivity index (χ3v) is 2.22. The van der Waals surface area contributed by atoms with Crippen molar-refractivity contribution in [3.63, 3.8) is 0 Å². The van der Waals surface area contributed by atoms with E-state index in [-0.39, 0.29) is 18.5 Å². The Hall–Kier alpha value is -0.280. The largest absolute Gasteiger partial charge is 0.380 e. The Labute approximate surface area is 95.8 Å². The van der Waals surface area contributed by atoms with Gasteiger partial charge in [-0.1, -0.05) is 23.7 Å². The van der Waals surface area contributed by atoms with Crippen LogP contribution in [0, 0.1) is 0 Å². The molecule has 4 heteroatoms. The molecule has 0 aliphatic rings. The molecule has 0 bridgehead atoms. The van der Waals surface area contributed by atoms with E-state index >= 15 is 0 Å². The summed E-state index contributed by atoms with van der Waals surface area (Å²) in [6.45, 7) is 0.541. The maximum Gasteiger partial charge on any atom is 0.0733 e. The fraction of sp³-hybridized carbons (Fsp3) is 0.400. The molecule has 0 saturated carbocycles. The summed E-state index contributed by atoms with van der Waals surface area (Å²) in [4.78, 5) is 0. The minimum Gasteiger partial charge on any atom is -0.380 e. The van der Waals surface area contributed by atoms with Crippen molar-refractivity contribution in [3.8, 4) is 0 Å². The number of rotatable bonds is 4. The number of hydrogen-bond donors (Lipinski definition) is 1. The lowest BCUT2D eigenvalue weighted by molar-refractivity contribution is 0.110. The zero-order valence-electron chi connectivity index (χ0n) is 8.07. The molecule has 0 amide bonds. The number of hydrogen-bond acceptors (Lipinski definition) is 2. The van der Waals surface area contributed by atoms with Crippen LogP contribution in [-0.2, 0) is 11.2 Å². The lowest BCUT2D eigenvalue weighted by Crippen LogP contribution is -2.24. The van der Waals surface area contributed by atoms with Gasteiger partial charge in [-0.2, -0.15) is 0 Å². The maximum absolute atomic E-state index is 5.76. The molecule has 0 aliphatic carbocycles. The molecule has 0 radical (unpaired) electrons. The number of methoxy groups -OCH3 is 1. The standard InChI is InChI=1S/C10H14ClNO.ClH/c1-13-10(7-12)6-8-2-4-9(11)5-3-8;/h2-5,10H,6-7,12H2,1H3;1H. The van der Waals surface area contributed by atoms with Gasteiger partial charge in [0.25, 0.3) is 0 Å². The first-order chi connectivity index (χ1) is 6.26. The van der Waals surface area contributed by atoms with Crippen LogP contribution in [0.3, 0.4) is 0 Å². The van der Waals surface area contributed by atoms with Crippen molar-refractivity contribution >= 4 is 24.0 Å². The molecule has 0 aromatic heterocycles. The van der Waals surface area contributed by atoms with E-state index < -0.39 is 0 Å². The van der Waals surface area contributed by atoms with E-state index in [1.54, 1.807) is 7.11 Å². The molecular weight excluding hydrogens is 221 g/mol. The van der Waals surface area contributed by atoms with Crippen molar-refractivity contribution in [2.24, 2.45) is 5.73 Å². The van der Waals surface area contributed by atoms with E-state index in [4.69, 9.17) is 22.1 Å². The summed E-state index contributed by atoms with van der Waals surface area (Å²) < 4.78 is 5.18. The SMILES string of the molecule is COC(CN)Cc1ccc(Cl)cc1.Cl. The van der Waals surface area contributed by atoms with E-state index in [0.29, 0.717) is 6.54 Å². The van der Waals surface area contributed by atoms with Crippen molar-refractivity contribution < 1.29 is 4.74 Å². The van der Waals surface area contributed by atoms with Gasteiger partial charge < -0.3 is 10.5 Å². The van der Waals surface area contributed by atoms with Gasteiger partial charge in [-0.3, -0.25) is 0 Å². The summed E-state index contributed by atoms with van der Waals surface area (Å²) >= 11 is 5.76. The number of halogens is 2. The predicted octanol–water partition coefficient (Wildman–Crippen LogP) is 2.28. The van der Waals surface area contributed by atoms with Crippen molar-refractivity contribution in [2.45, 2.75) is 12.5 Å². The van der Waals surface area contributed by atoms with Crippen molar-refractivity contribution in [3.05, 3.63) is 34.9 Å². The Morgan fingerprint density at radius 3 is 2.36 bits per heavy atom. The van der Waals surface area contributed by atoms with Gasteiger partial charge in [-0.25, -0.2) is 0 Å². The summed E-state index contributed by atoms with van der Waals surface area (Å²) in [6.07, 6.45) is 0.936. The molecule has 14 heavy (non-hydrogen) atoms. The Kier molecular flexibility index (Phi) is 6.93. The van der Waals surface area contributed by atoms with Gasteiger partial charge in [0.05, 0.1) is 6.10 Å². The van der Waals surface area contributed by atoms with Crippen LogP contribution >= 0.6 is 24.0 Å². The second-order valence-corrected chi connectivity index (χ2v) is 3.36. The monoisotopic (exact) mass is 235 g/mol. The van der Waals surface area contributed by atoms with Gasteiger partial charge in [0.1, 0.15) is 0 Å². The van der Waals surface area contributed by atoms with Crippen molar-refractivity contribution in [1.29, 1.82) is 0 Å². The van der Waals surface area contributed by atoms with E-state index in [1.165, 1.54) is 5.56 Å². The first-order valence-electron chi connectivity index (χ1n) is 4.23. The smallest absolute Gasteiger partial charge is 0.0733 e. The average Bonchev–Trinajstić information content (AvgIpc) is 2.17. The van der Waals surface area contributed by atoms with Gasteiger partial charge in [0, 0.05) is 18.7 Å².